The number of benzene rings is 3. The number of anilines is 1. The van der Waals surface area contributed by atoms with E-state index in [1.54, 1.807) is 0 Å². The Morgan fingerprint density at radius 1 is 0.917 bits per heavy atom. The van der Waals surface area contributed by atoms with Crippen LogP contribution in [0.1, 0.15) is 5.56 Å². The standard InChI is InChI=1S/C20H16BrN3/c1-24-19-5-3-2-4-17(19)18-12-14(6-11-20(18)24)13-22-23-16-9-7-15(21)8-10-16/h2-13,23H,1H3/b22-13+. The average Bonchev–Trinajstić information content (AvgIpc) is 2.90. The van der Waals surface area contributed by atoms with Gasteiger partial charge in [-0.25, -0.2) is 0 Å². The Bertz CT molecular complexity index is 1050. The van der Waals surface area contributed by atoms with E-state index < -0.39 is 0 Å². The SMILES string of the molecule is Cn1c2ccccc2c2cc(/C=N/Nc3ccc(Br)cc3)ccc21. The molecule has 3 nitrogen and oxygen atoms in total. The summed E-state index contributed by atoms with van der Waals surface area (Å²) in [4.78, 5) is 0. The highest BCUT2D eigenvalue weighted by Gasteiger charge is 2.07. The minimum absolute atomic E-state index is 0.959. The summed E-state index contributed by atoms with van der Waals surface area (Å²) in [5.41, 5.74) is 7.56. The van der Waals surface area contributed by atoms with Gasteiger partial charge in [-0.2, -0.15) is 5.10 Å². The lowest BCUT2D eigenvalue weighted by Gasteiger charge is -2.00. The molecule has 1 aromatic heterocycles. The van der Waals surface area contributed by atoms with Gasteiger partial charge >= 0.3 is 0 Å². The monoisotopic (exact) mass is 377 g/mol. The summed E-state index contributed by atoms with van der Waals surface area (Å²) in [6.07, 6.45) is 1.85. The van der Waals surface area contributed by atoms with Crippen LogP contribution in [0.2, 0.25) is 0 Å². The van der Waals surface area contributed by atoms with Crippen LogP contribution in [0.4, 0.5) is 5.69 Å². The first-order chi connectivity index (χ1) is 11.7. The Balaban J connectivity index is 1.66. The highest BCUT2D eigenvalue weighted by Crippen LogP contribution is 2.28. The van der Waals surface area contributed by atoms with Crippen LogP contribution < -0.4 is 5.43 Å². The van der Waals surface area contributed by atoms with Crippen LogP contribution in [0.15, 0.2) is 76.3 Å². The number of hydrogen-bond donors (Lipinski definition) is 1. The second kappa shape index (κ2) is 6.13. The van der Waals surface area contributed by atoms with Crippen LogP contribution in [0.25, 0.3) is 21.8 Å². The largest absolute Gasteiger partial charge is 0.344 e. The summed E-state index contributed by atoms with van der Waals surface area (Å²) < 4.78 is 3.28. The molecule has 0 aliphatic carbocycles. The molecule has 0 radical (unpaired) electrons. The topological polar surface area (TPSA) is 29.3 Å². The maximum atomic E-state index is 4.34. The Morgan fingerprint density at radius 3 is 2.50 bits per heavy atom. The number of nitrogens with one attached hydrogen (secondary N) is 1. The highest BCUT2D eigenvalue weighted by molar-refractivity contribution is 9.10. The molecule has 4 heteroatoms. The first-order valence-corrected chi connectivity index (χ1v) is 8.53. The third-order valence-corrected chi connectivity index (χ3v) is 4.72. The number of aromatic nitrogens is 1. The van der Waals surface area contributed by atoms with Crippen molar-refractivity contribution in [1.29, 1.82) is 0 Å². The first-order valence-electron chi connectivity index (χ1n) is 7.74. The molecule has 0 spiro atoms. The fourth-order valence-electron chi connectivity index (χ4n) is 2.97. The number of aryl methyl sites for hydroxylation is 1. The number of fused-ring (bicyclic) bond motifs is 3. The van der Waals surface area contributed by atoms with Gasteiger partial charge in [0.05, 0.1) is 11.9 Å². The number of para-hydroxylation sites is 1. The molecule has 0 bridgehead atoms. The third-order valence-electron chi connectivity index (χ3n) is 4.19. The van der Waals surface area contributed by atoms with Crippen LogP contribution in [0, 0.1) is 0 Å². The van der Waals surface area contributed by atoms with Crippen LogP contribution in [0.3, 0.4) is 0 Å². The lowest BCUT2D eigenvalue weighted by Crippen LogP contribution is -1.91. The second-order valence-corrected chi connectivity index (χ2v) is 6.65. The third kappa shape index (κ3) is 2.69. The van der Waals surface area contributed by atoms with E-state index in [4.69, 9.17) is 0 Å². The van der Waals surface area contributed by atoms with Crippen molar-refractivity contribution in [1.82, 2.24) is 4.57 Å². The lowest BCUT2D eigenvalue weighted by molar-refractivity contribution is 1.01. The van der Waals surface area contributed by atoms with E-state index in [0.717, 1.165) is 15.7 Å². The molecule has 4 rings (SSSR count). The van der Waals surface area contributed by atoms with E-state index in [1.807, 2.05) is 30.5 Å². The molecular weight excluding hydrogens is 362 g/mol. The molecule has 0 unspecified atom stereocenters. The van der Waals surface area contributed by atoms with Gasteiger partial charge in [0.25, 0.3) is 0 Å². The molecule has 0 aliphatic rings. The summed E-state index contributed by atoms with van der Waals surface area (Å²) in [6.45, 7) is 0. The van der Waals surface area contributed by atoms with E-state index in [-0.39, 0.29) is 0 Å². The number of halogens is 1. The molecule has 4 aromatic rings. The fourth-order valence-corrected chi connectivity index (χ4v) is 3.24. The normalized spacial score (nSPS) is 11.6. The van der Waals surface area contributed by atoms with Crippen LogP contribution in [0.5, 0.6) is 0 Å². The van der Waals surface area contributed by atoms with Crippen molar-refractivity contribution >= 4 is 49.6 Å². The zero-order chi connectivity index (χ0) is 16.5. The molecule has 118 valence electrons. The molecule has 0 saturated heterocycles. The van der Waals surface area contributed by atoms with Gasteiger partial charge in [-0.15, -0.1) is 0 Å². The zero-order valence-corrected chi connectivity index (χ0v) is 14.8. The maximum absolute atomic E-state index is 4.34. The predicted molar refractivity (Wildman–Crippen MR) is 106 cm³/mol. The van der Waals surface area contributed by atoms with Gasteiger partial charge in [0.1, 0.15) is 0 Å². The number of hydrazone groups is 1. The molecule has 24 heavy (non-hydrogen) atoms. The Morgan fingerprint density at radius 2 is 1.67 bits per heavy atom. The Hall–Kier alpha value is -2.59. The molecule has 0 atom stereocenters. The molecule has 0 aliphatic heterocycles. The number of nitrogens with zero attached hydrogens (tertiary/aromatic N) is 2. The Labute approximate surface area is 148 Å². The van der Waals surface area contributed by atoms with Crippen molar-refractivity contribution in [2.75, 3.05) is 5.43 Å². The van der Waals surface area contributed by atoms with Crippen molar-refractivity contribution in [2.45, 2.75) is 0 Å². The summed E-state index contributed by atoms with van der Waals surface area (Å²) in [5.74, 6) is 0. The van der Waals surface area contributed by atoms with Crippen LogP contribution in [-0.4, -0.2) is 10.8 Å². The molecule has 0 fully saturated rings. The second-order valence-electron chi connectivity index (χ2n) is 5.73. The van der Waals surface area contributed by atoms with Gasteiger partial charge in [0.15, 0.2) is 0 Å². The van der Waals surface area contributed by atoms with E-state index in [0.29, 0.717) is 0 Å². The molecular formula is C20H16BrN3. The van der Waals surface area contributed by atoms with Crippen molar-refractivity contribution in [3.8, 4) is 0 Å². The Kier molecular flexibility index (Phi) is 3.82. The molecule has 0 amide bonds. The van der Waals surface area contributed by atoms with Crippen molar-refractivity contribution < 1.29 is 0 Å². The van der Waals surface area contributed by atoms with Gasteiger partial charge < -0.3 is 4.57 Å². The van der Waals surface area contributed by atoms with E-state index >= 15 is 0 Å². The van der Waals surface area contributed by atoms with E-state index in [1.165, 1.54) is 21.8 Å². The average molecular weight is 378 g/mol. The summed E-state index contributed by atoms with van der Waals surface area (Å²) >= 11 is 3.43. The quantitative estimate of drug-likeness (QED) is 0.368. The van der Waals surface area contributed by atoms with Gasteiger partial charge in [0, 0.05) is 33.3 Å². The lowest BCUT2D eigenvalue weighted by atomic mass is 10.1. The first kappa shape index (κ1) is 15.0. The summed E-state index contributed by atoms with van der Waals surface area (Å²) in [7, 11) is 2.10. The summed E-state index contributed by atoms with van der Waals surface area (Å²) in [6, 6.07) is 22.8. The van der Waals surface area contributed by atoms with Gasteiger partial charge in [-0.1, -0.05) is 40.2 Å². The predicted octanol–water partition coefficient (Wildman–Crippen LogP) is 5.54. The zero-order valence-electron chi connectivity index (χ0n) is 13.2. The van der Waals surface area contributed by atoms with Crippen molar-refractivity contribution in [3.05, 3.63) is 76.8 Å². The highest BCUT2D eigenvalue weighted by atomic mass is 79.9. The number of hydrogen-bond acceptors (Lipinski definition) is 2. The van der Waals surface area contributed by atoms with Crippen molar-refractivity contribution in [2.24, 2.45) is 12.1 Å². The number of rotatable bonds is 3. The van der Waals surface area contributed by atoms with Gasteiger partial charge in [-0.05, 0) is 48.0 Å². The fraction of sp³-hybridized carbons (Fsp3) is 0.0500. The molecule has 1 N–H and O–H groups in total. The van der Waals surface area contributed by atoms with Gasteiger partial charge in [0.2, 0.25) is 0 Å². The minimum atomic E-state index is 0.959. The minimum Gasteiger partial charge on any atom is -0.344 e. The maximum Gasteiger partial charge on any atom is 0.0562 e. The molecule has 3 aromatic carbocycles. The van der Waals surface area contributed by atoms with E-state index in [9.17, 15) is 0 Å². The van der Waals surface area contributed by atoms with Crippen LogP contribution in [-0.2, 0) is 7.05 Å². The smallest absolute Gasteiger partial charge is 0.0562 e. The summed E-state index contributed by atoms with van der Waals surface area (Å²) in [5, 5.41) is 6.86. The van der Waals surface area contributed by atoms with Crippen molar-refractivity contribution in [3.63, 3.8) is 0 Å². The molecule has 0 saturated carbocycles. The van der Waals surface area contributed by atoms with Gasteiger partial charge in [-0.3, -0.25) is 5.43 Å². The molecule has 1 heterocycles. The van der Waals surface area contributed by atoms with E-state index in [2.05, 4.69) is 80.5 Å². The van der Waals surface area contributed by atoms with Crippen LogP contribution >= 0.6 is 15.9 Å².